The summed E-state index contributed by atoms with van der Waals surface area (Å²) in [4.78, 5) is 23.9. The number of hydrogen-bond donors (Lipinski definition) is 2. The van der Waals surface area contributed by atoms with Gasteiger partial charge in [0.05, 0.1) is 11.3 Å². The fraction of sp³-hybridized carbons (Fsp3) is 0.438. The Hall–Kier alpha value is -2.02. The minimum Gasteiger partial charge on any atom is -0.348 e. The van der Waals surface area contributed by atoms with E-state index >= 15 is 0 Å². The summed E-state index contributed by atoms with van der Waals surface area (Å²) in [7, 11) is 1.64. The first kappa shape index (κ1) is 15.9. The molecule has 23 heavy (non-hydrogen) atoms. The highest BCUT2D eigenvalue weighted by molar-refractivity contribution is 8.00. The Morgan fingerprint density at radius 1 is 1.48 bits per heavy atom. The molecule has 0 saturated heterocycles. The van der Waals surface area contributed by atoms with Crippen LogP contribution in [0.5, 0.6) is 0 Å². The van der Waals surface area contributed by atoms with Gasteiger partial charge in [-0.25, -0.2) is 9.89 Å². The number of hydrogen-bond acceptors (Lipinski definition) is 4. The third kappa shape index (κ3) is 3.34. The van der Waals surface area contributed by atoms with Crippen molar-refractivity contribution in [2.45, 2.75) is 42.6 Å². The summed E-state index contributed by atoms with van der Waals surface area (Å²) in [6.07, 6.45) is 3.11. The van der Waals surface area contributed by atoms with Gasteiger partial charge in [0, 0.05) is 7.05 Å². The first-order valence-corrected chi connectivity index (χ1v) is 8.60. The molecule has 3 rings (SSSR count). The van der Waals surface area contributed by atoms with Crippen molar-refractivity contribution >= 4 is 17.7 Å². The van der Waals surface area contributed by atoms with Crippen molar-refractivity contribution in [2.24, 2.45) is 7.05 Å². The highest BCUT2D eigenvalue weighted by Gasteiger charge is 2.24. The number of thioether (sulfide) groups is 1. The molecule has 1 amide bonds. The van der Waals surface area contributed by atoms with E-state index in [4.69, 9.17) is 0 Å². The van der Waals surface area contributed by atoms with Crippen molar-refractivity contribution in [3.05, 3.63) is 45.9 Å². The van der Waals surface area contributed by atoms with Crippen LogP contribution in [0, 0.1) is 0 Å². The number of aromatic nitrogens is 3. The fourth-order valence-electron chi connectivity index (χ4n) is 2.84. The smallest absolute Gasteiger partial charge is 0.343 e. The standard InChI is InChI=1S/C16H20N4O2S/c1-10(23-16-19-18-15(22)20(16)2)14(21)17-13-9-5-7-11-6-3-4-8-12(11)13/h3-4,6,8,10,13H,5,7,9H2,1-2H3,(H,17,21)(H,18,22). The van der Waals surface area contributed by atoms with Crippen molar-refractivity contribution in [3.63, 3.8) is 0 Å². The van der Waals surface area contributed by atoms with Gasteiger partial charge in [-0.05, 0) is 37.3 Å². The zero-order valence-corrected chi connectivity index (χ0v) is 14.0. The molecule has 0 fully saturated rings. The number of aryl methyl sites for hydroxylation is 1. The summed E-state index contributed by atoms with van der Waals surface area (Å²) < 4.78 is 1.41. The van der Waals surface area contributed by atoms with Gasteiger partial charge >= 0.3 is 5.69 Å². The highest BCUT2D eigenvalue weighted by Crippen LogP contribution is 2.30. The number of nitrogens with zero attached hydrogens (tertiary/aromatic N) is 2. The lowest BCUT2D eigenvalue weighted by Crippen LogP contribution is -2.36. The molecule has 1 aromatic carbocycles. The summed E-state index contributed by atoms with van der Waals surface area (Å²) in [6, 6.07) is 8.35. The van der Waals surface area contributed by atoms with Crippen LogP contribution in [-0.4, -0.2) is 25.9 Å². The number of nitrogens with one attached hydrogen (secondary N) is 2. The highest BCUT2D eigenvalue weighted by atomic mass is 32.2. The van der Waals surface area contributed by atoms with E-state index in [1.807, 2.05) is 19.1 Å². The van der Waals surface area contributed by atoms with Crippen molar-refractivity contribution in [3.8, 4) is 0 Å². The minimum atomic E-state index is -0.321. The van der Waals surface area contributed by atoms with Gasteiger partial charge in [0.2, 0.25) is 5.91 Å². The first-order valence-electron chi connectivity index (χ1n) is 7.72. The molecule has 1 aromatic heterocycles. The summed E-state index contributed by atoms with van der Waals surface area (Å²) >= 11 is 1.28. The normalized spacial score (nSPS) is 18.3. The van der Waals surface area contributed by atoms with Crippen LogP contribution >= 0.6 is 11.8 Å². The van der Waals surface area contributed by atoms with E-state index in [9.17, 15) is 9.59 Å². The largest absolute Gasteiger partial charge is 0.348 e. The number of fused-ring (bicyclic) bond motifs is 1. The molecule has 7 heteroatoms. The molecule has 2 unspecified atom stereocenters. The van der Waals surface area contributed by atoms with Crippen LogP contribution in [0.15, 0.2) is 34.2 Å². The van der Waals surface area contributed by atoms with E-state index in [2.05, 4.69) is 27.6 Å². The topological polar surface area (TPSA) is 79.8 Å². The van der Waals surface area contributed by atoms with Gasteiger partial charge in [-0.1, -0.05) is 36.0 Å². The molecule has 1 heterocycles. The Balaban J connectivity index is 1.67. The number of carbonyl (C=O) groups excluding carboxylic acids is 1. The van der Waals surface area contributed by atoms with Gasteiger partial charge in [-0.2, -0.15) is 0 Å². The number of H-pyrrole nitrogens is 1. The molecule has 0 aliphatic heterocycles. The predicted octanol–water partition coefficient (Wildman–Crippen LogP) is 1.78. The Bertz CT molecular complexity index is 767. The second-order valence-electron chi connectivity index (χ2n) is 5.78. The summed E-state index contributed by atoms with van der Waals surface area (Å²) in [5.41, 5.74) is 2.26. The van der Waals surface area contributed by atoms with Crippen molar-refractivity contribution < 1.29 is 4.79 Å². The molecule has 122 valence electrons. The molecular formula is C16H20N4O2S. The molecule has 1 aliphatic carbocycles. The van der Waals surface area contributed by atoms with E-state index in [0.29, 0.717) is 5.16 Å². The SMILES string of the molecule is CC(Sc1n[nH]c(=O)n1C)C(=O)NC1CCCc2ccccc21. The Kier molecular flexibility index (Phi) is 4.56. The van der Waals surface area contributed by atoms with Gasteiger partial charge in [-0.3, -0.25) is 9.36 Å². The van der Waals surface area contributed by atoms with Crippen LogP contribution in [0.3, 0.4) is 0 Å². The molecule has 1 aliphatic rings. The van der Waals surface area contributed by atoms with Gasteiger partial charge in [0.25, 0.3) is 0 Å². The van der Waals surface area contributed by atoms with E-state index in [-0.39, 0.29) is 22.9 Å². The molecule has 0 spiro atoms. The van der Waals surface area contributed by atoms with Crippen LogP contribution in [-0.2, 0) is 18.3 Å². The molecule has 0 saturated carbocycles. The van der Waals surface area contributed by atoms with Crippen LogP contribution in [0.1, 0.15) is 36.9 Å². The van der Waals surface area contributed by atoms with E-state index in [1.165, 1.54) is 27.5 Å². The monoisotopic (exact) mass is 332 g/mol. The van der Waals surface area contributed by atoms with E-state index < -0.39 is 0 Å². The molecule has 0 radical (unpaired) electrons. The first-order chi connectivity index (χ1) is 11.1. The predicted molar refractivity (Wildman–Crippen MR) is 89.4 cm³/mol. The second-order valence-corrected chi connectivity index (χ2v) is 7.09. The van der Waals surface area contributed by atoms with Crippen LogP contribution in [0.4, 0.5) is 0 Å². The molecule has 0 bridgehead atoms. The average Bonchev–Trinajstić information content (AvgIpc) is 2.87. The second kappa shape index (κ2) is 6.62. The Morgan fingerprint density at radius 2 is 2.26 bits per heavy atom. The number of aromatic amines is 1. The molecule has 2 atom stereocenters. The quantitative estimate of drug-likeness (QED) is 0.837. The minimum absolute atomic E-state index is 0.0350. The maximum atomic E-state index is 12.5. The maximum Gasteiger partial charge on any atom is 0.343 e. The van der Waals surface area contributed by atoms with Crippen LogP contribution in [0.25, 0.3) is 0 Å². The number of carbonyl (C=O) groups is 1. The summed E-state index contributed by atoms with van der Waals surface area (Å²) in [5, 5.41) is 9.64. The lowest BCUT2D eigenvalue weighted by Gasteiger charge is -2.27. The third-order valence-electron chi connectivity index (χ3n) is 4.18. The van der Waals surface area contributed by atoms with Crippen molar-refractivity contribution in [1.29, 1.82) is 0 Å². The van der Waals surface area contributed by atoms with Gasteiger partial charge in [-0.15, -0.1) is 5.10 Å². The Labute approximate surface area is 138 Å². The van der Waals surface area contributed by atoms with E-state index in [0.717, 1.165) is 19.3 Å². The lowest BCUT2D eigenvalue weighted by molar-refractivity contribution is -0.121. The zero-order valence-electron chi connectivity index (χ0n) is 13.2. The molecule has 2 aromatic rings. The van der Waals surface area contributed by atoms with Gasteiger partial charge < -0.3 is 5.32 Å². The summed E-state index contributed by atoms with van der Waals surface area (Å²) in [5.74, 6) is -0.0350. The van der Waals surface area contributed by atoms with E-state index in [1.54, 1.807) is 7.05 Å². The Morgan fingerprint density at radius 3 is 3.00 bits per heavy atom. The average molecular weight is 332 g/mol. The third-order valence-corrected chi connectivity index (χ3v) is 5.32. The van der Waals surface area contributed by atoms with Gasteiger partial charge in [0.1, 0.15) is 0 Å². The molecule has 6 nitrogen and oxygen atoms in total. The number of benzene rings is 1. The van der Waals surface area contributed by atoms with Crippen molar-refractivity contribution in [2.75, 3.05) is 0 Å². The van der Waals surface area contributed by atoms with Crippen molar-refractivity contribution in [1.82, 2.24) is 20.1 Å². The lowest BCUT2D eigenvalue weighted by atomic mass is 9.88. The van der Waals surface area contributed by atoms with Gasteiger partial charge in [0.15, 0.2) is 5.16 Å². The fourth-order valence-corrected chi connectivity index (χ4v) is 3.67. The summed E-state index contributed by atoms with van der Waals surface area (Å²) in [6.45, 7) is 1.83. The number of amides is 1. The maximum absolute atomic E-state index is 12.5. The zero-order chi connectivity index (χ0) is 16.4. The number of rotatable bonds is 4. The molecule has 2 N–H and O–H groups in total. The van der Waals surface area contributed by atoms with Crippen LogP contribution in [0.2, 0.25) is 0 Å². The molecular weight excluding hydrogens is 312 g/mol. The van der Waals surface area contributed by atoms with Crippen LogP contribution < -0.4 is 11.0 Å².